The summed E-state index contributed by atoms with van der Waals surface area (Å²) in [6.07, 6.45) is 1.77. The molecule has 1 aromatic heterocycles. The minimum Gasteiger partial charge on any atom is -0.384 e. The Bertz CT molecular complexity index is 977. The molecule has 1 saturated heterocycles. The number of likely N-dealkylation sites (tertiary alicyclic amines) is 1. The standard InChI is InChI=1S/C24H29Cl2N3O3/c1-15(2)20(28-21(30)16-5-10-19(26)27-13-16)22(31)29-12-11-24(32,23(3,4)14-29)17-6-8-18(25)9-7-17/h5-10,13,15,20,32H,11-12,14H2,1-4H3,(H,28,30)/t20-,24+/m1/s1. The molecule has 3 rings (SSSR count). The first-order chi connectivity index (χ1) is 14.9. The molecule has 2 amide bonds. The molecule has 0 spiro atoms. The summed E-state index contributed by atoms with van der Waals surface area (Å²) in [5, 5.41) is 15.3. The molecule has 1 aliphatic heterocycles. The lowest BCUT2D eigenvalue weighted by Crippen LogP contribution is -2.60. The van der Waals surface area contributed by atoms with Gasteiger partial charge >= 0.3 is 0 Å². The first-order valence-electron chi connectivity index (χ1n) is 10.6. The highest BCUT2D eigenvalue weighted by Crippen LogP contribution is 2.46. The van der Waals surface area contributed by atoms with Crippen LogP contribution in [-0.2, 0) is 10.4 Å². The molecule has 2 N–H and O–H groups in total. The summed E-state index contributed by atoms with van der Waals surface area (Å²) < 4.78 is 0. The van der Waals surface area contributed by atoms with Crippen LogP contribution in [0.4, 0.5) is 0 Å². The number of halogens is 2. The van der Waals surface area contributed by atoms with Gasteiger partial charge in [-0.05, 0) is 42.2 Å². The molecular formula is C24H29Cl2N3O3. The molecule has 8 heteroatoms. The van der Waals surface area contributed by atoms with E-state index in [0.717, 1.165) is 5.56 Å². The van der Waals surface area contributed by atoms with Crippen molar-refractivity contribution < 1.29 is 14.7 Å². The van der Waals surface area contributed by atoms with E-state index in [1.807, 2.05) is 39.8 Å². The highest BCUT2D eigenvalue weighted by molar-refractivity contribution is 6.30. The molecule has 2 heterocycles. The predicted molar refractivity (Wildman–Crippen MR) is 126 cm³/mol. The SMILES string of the molecule is CC(C)[C@@H](NC(=O)c1ccc(Cl)nc1)C(=O)N1CC[C@](O)(c2ccc(Cl)cc2)C(C)(C)C1. The lowest BCUT2D eigenvalue weighted by molar-refractivity contribution is -0.155. The summed E-state index contributed by atoms with van der Waals surface area (Å²) in [5.41, 5.74) is -0.591. The quantitative estimate of drug-likeness (QED) is 0.629. The van der Waals surface area contributed by atoms with E-state index in [0.29, 0.717) is 35.2 Å². The number of aromatic nitrogens is 1. The zero-order valence-corrected chi connectivity index (χ0v) is 20.2. The van der Waals surface area contributed by atoms with Crippen LogP contribution in [0.3, 0.4) is 0 Å². The van der Waals surface area contributed by atoms with Crippen LogP contribution in [0.1, 0.15) is 50.0 Å². The van der Waals surface area contributed by atoms with E-state index in [9.17, 15) is 14.7 Å². The van der Waals surface area contributed by atoms with Crippen molar-refractivity contribution in [3.63, 3.8) is 0 Å². The molecule has 0 aliphatic carbocycles. The number of benzene rings is 1. The van der Waals surface area contributed by atoms with Gasteiger partial charge in [-0.2, -0.15) is 0 Å². The third kappa shape index (κ3) is 4.92. The van der Waals surface area contributed by atoms with Crippen LogP contribution in [0.25, 0.3) is 0 Å². The molecule has 0 unspecified atom stereocenters. The van der Waals surface area contributed by atoms with Gasteiger partial charge in [0.25, 0.3) is 5.91 Å². The third-order valence-electron chi connectivity index (χ3n) is 6.29. The van der Waals surface area contributed by atoms with Gasteiger partial charge in [-0.3, -0.25) is 9.59 Å². The molecule has 0 radical (unpaired) electrons. The maximum Gasteiger partial charge on any atom is 0.253 e. The highest BCUT2D eigenvalue weighted by atomic mass is 35.5. The Morgan fingerprint density at radius 2 is 1.78 bits per heavy atom. The first kappa shape index (κ1) is 24.5. The van der Waals surface area contributed by atoms with Crippen LogP contribution in [0.2, 0.25) is 10.2 Å². The van der Waals surface area contributed by atoms with Crippen molar-refractivity contribution in [2.75, 3.05) is 13.1 Å². The van der Waals surface area contributed by atoms with E-state index >= 15 is 0 Å². The van der Waals surface area contributed by atoms with Gasteiger partial charge < -0.3 is 15.3 Å². The molecule has 2 atom stereocenters. The zero-order chi connectivity index (χ0) is 23.7. The molecule has 1 aliphatic rings. The van der Waals surface area contributed by atoms with Gasteiger partial charge in [-0.1, -0.05) is 63.0 Å². The number of piperidine rings is 1. The fraction of sp³-hybridized carbons (Fsp3) is 0.458. The second-order valence-corrected chi connectivity index (χ2v) is 10.1. The summed E-state index contributed by atoms with van der Waals surface area (Å²) in [4.78, 5) is 31.8. The van der Waals surface area contributed by atoms with Gasteiger partial charge in [-0.25, -0.2) is 4.98 Å². The summed E-state index contributed by atoms with van der Waals surface area (Å²) in [5.74, 6) is -0.663. The van der Waals surface area contributed by atoms with Gasteiger partial charge in [0.05, 0.1) is 11.2 Å². The van der Waals surface area contributed by atoms with Gasteiger partial charge in [0.2, 0.25) is 5.91 Å². The summed E-state index contributed by atoms with van der Waals surface area (Å²) in [6.45, 7) is 8.41. The topological polar surface area (TPSA) is 82.5 Å². The minimum atomic E-state index is -1.10. The number of carbonyl (C=O) groups excluding carboxylic acids is 2. The predicted octanol–water partition coefficient (Wildman–Crippen LogP) is 4.29. The first-order valence-corrected chi connectivity index (χ1v) is 11.4. The lowest BCUT2D eigenvalue weighted by atomic mass is 9.66. The van der Waals surface area contributed by atoms with Crippen LogP contribution in [-0.4, -0.2) is 45.9 Å². The number of aliphatic hydroxyl groups is 1. The molecule has 32 heavy (non-hydrogen) atoms. The van der Waals surface area contributed by atoms with E-state index in [4.69, 9.17) is 23.2 Å². The number of carbonyl (C=O) groups is 2. The van der Waals surface area contributed by atoms with Gasteiger partial charge in [-0.15, -0.1) is 0 Å². The Balaban J connectivity index is 1.76. The third-order valence-corrected chi connectivity index (χ3v) is 6.77. The van der Waals surface area contributed by atoms with Crippen LogP contribution in [0.5, 0.6) is 0 Å². The summed E-state index contributed by atoms with van der Waals surface area (Å²) >= 11 is 11.8. The zero-order valence-electron chi connectivity index (χ0n) is 18.7. The number of pyridine rings is 1. The molecule has 1 fully saturated rings. The summed E-state index contributed by atoms with van der Waals surface area (Å²) in [7, 11) is 0. The van der Waals surface area contributed by atoms with E-state index in [1.165, 1.54) is 12.3 Å². The van der Waals surface area contributed by atoms with Crippen molar-refractivity contribution in [2.45, 2.75) is 45.8 Å². The number of rotatable bonds is 5. The summed E-state index contributed by atoms with van der Waals surface area (Å²) in [6, 6.07) is 9.60. The van der Waals surface area contributed by atoms with Crippen LogP contribution in [0.15, 0.2) is 42.6 Å². The van der Waals surface area contributed by atoms with Crippen molar-refractivity contribution in [2.24, 2.45) is 11.3 Å². The fourth-order valence-electron chi connectivity index (χ4n) is 4.22. The van der Waals surface area contributed by atoms with Crippen LogP contribution in [0, 0.1) is 11.3 Å². The second kappa shape index (κ2) is 9.38. The van der Waals surface area contributed by atoms with Crippen molar-refractivity contribution >= 4 is 35.0 Å². The molecule has 1 aromatic carbocycles. The van der Waals surface area contributed by atoms with Gasteiger partial charge in [0.1, 0.15) is 11.2 Å². The van der Waals surface area contributed by atoms with E-state index in [-0.39, 0.29) is 17.7 Å². The fourth-order valence-corrected chi connectivity index (χ4v) is 4.45. The Kier molecular flexibility index (Phi) is 7.18. The second-order valence-electron chi connectivity index (χ2n) is 9.33. The van der Waals surface area contributed by atoms with Crippen molar-refractivity contribution in [3.05, 3.63) is 63.9 Å². The largest absolute Gasteiger partial charge is 0.384 e. The molecule has 2 aromatic rings. The van der Waals surface area contributed by atoms with Gasteiger partial charge in [0, 0.05) is 29.7 Å². The number of nitrogens with zero attached hydrogens (tertiary/aromatic N) is 2. The molecular weight excluding hydrogens is 449 g/mol. The number of hydrogen-bond donors (Lipinski definition) is 2. The maximum absolute atomic E-state index is 13.4. The Labute approximate surface area is 198 Å². The van der Waals surface area contributed by atoms with E-state index in [1.54, 1.807) is 23.1 Å². The maximum atomic E-state index is 13.4. The Morgan fingerprint density at radius 1 is 1.12 bits per heavy atom. The molecule has 6 nitrogen and oxygen atoms in total. The number of nitrogens with one attached hydrogen (secondary N) is 1. The van der Waals surface area contributed by atoms with E-state index in [2.05, 4.69) is 10.3 Å². The van der Waals surface area contributed by atoms with E-state index < -0.39 is 17.1 Å². The van der Waals surface area contributed by atoms with Crippen LogP contribution < -0.4 is 5.32 Å². The molecule has 0 bridgehead atoms. The van der Waals surface area contributed by atoms with Crippen molar-refractivity contribution in [3.8, 4) is 0 Å². The molecule has 0 saturated carbocycles. The van der Waals surface area contributed by atoms with Crippen LogP contribution >= 0.6 is 23.2 Å². The number of hydrogen-bond acceptors (Lipinski definition) is 4. The lowest BCUT2D eigenvalue weighted by Gasteiger charge is -2.51. The highest BCUT2D eigenvalue weighted by Gasteiger charge is 2.50. The molecule has 172 valence electrons. The Morgan fingerprint density at radius 3 is 2.31 bits per heavy atom. The average Bonchev–Trinajstić information content (AvgIpc) is 2.74. The number of amides is 2. The smallest absolute Gasteiger partial charge is 0.253 e. The monoisotopic (exact) mass is 477 g/mol. The Hall–Kier alpha value is -2.15. The minimum absolute atomic E-state index is 0.119. The van der Waals surface area contributed by atoms with Crippen molar-refractivity contribution in [1.82, 2.24) is 15.2 Å². The van der Waals surface area contributed by atoms with Crippen molar-refractivity contribution in [1.29, 1.82) is 0 Å². The van der Waals surface area contributed by atoms with Gasteiger partial charge in [0.15, 0.2) is 0 Å². The normalized spacial score (nSPS) is 21.3. The average molecular weight is 478 g/mol.